The minimum atomic E-state index is -0.480. The van der Waals surface area contributed by atoms with Gasteiger partial charge >= 0.3 is 5.97 Å². The summed E-state index contributed by atoms with van der Waals surface area (Å²) < 4.78 is 5.03. The number of thiazole rings is 1. The van der Waals surface area contributed by atoms with Gasteiger partial charge in [-0.3, -0.25) is 0 Å². The smallest absolute Gasteiger partial charge is 0.350 e. The second kappa shape index (κ2) is 6.58. The van der Waals surface area contributed by atoms with E-state index in [-0.39, 0.29) is 4.47 Å². The van der Waals surface area contributed by atoms with Crippen LogP contribution in [0.4, 0.5) is 5.82 Å². The first-order valence-electron chi connectivity index (χ1n) is 7.02. The zero-order chi connectivity index (χ0) is 15.5. The van der Waals surface area contributed by atoms with Gasteiger partial charge in [0, 0.05) is 19.3 Å². The zero-order valence-electron chi connectivity index (χ0n) is 12.1. The monoisotopic (exact) mass is 338 g/mol. The predicted octanol–water partition coefficient (Wildman–Crippen LogP) is 3.03. The van der Waals surface area contributed by atoms with Crippen LogP contribution < -0.4 is 4.90 Å². The van der Waals surface area contributed by atoms with Crippen molar-refractivity contribution < 1.29 is 9.53 Å². The number of rotatable bonds is 3. The Morgan fingerprint density at radius 3 is 2.82 bits per heavy atom. The molecular formula is C14H15ClN4O2S. The van der Waals surface area contributed by atoms with Crippen LogP contribution in [-0.2, 0) is 4.74 Å². The van der Waals surface area contributed by atoms with E-state index < -0.39 is 5.97 Å². The van der Waals surface area contributed by atoms with Gasteiger partial charge in [-0.1, -0.05) is 22.9 Å². The van der Waals surface area contributed by atoms with Crippen LogP contribution in [-0.4, -0.2) is 41.1 Å². The van der Waals surface area contributed by atoms with Gasteiger partial charge < -0.3 is 9.64 Å². The molecule has 0 unspecified atom stereocenters. The Morgan fingerprint density at radius 2 is 2.09 bits per heavy atom. The maximum Gasteiger partial charge on any atom is 0.350 e. The molecule has 1 saturated heterocycles. The van der Waals surface area contributed by atoms with Crippen molar-refractivity contribution in [1.29, 1.82) is 0 Å². The van der Waals surface area contributed by atoms with Crippen molar-refractivity contribution in [2.75, 3.05) is 25.1 Å². The van der Waals surface area contributed by atoms with E-state index in [4.69, 9.17) is 16.3 Å². The van der Waals surface area contributed by atoms with E-state index in [0.29, 0.717) is 16.4 Å². The second-order valence-electron chi connectivity index (χ2n) is 4.92. The molecule has 0 aliphatic carbocycles. The number of aromatic nitrogens is 3. The number of methoxy groups -OCH3 is 1. The van der Waals surface area contributed by atoms with Crippen LogP contribution in [0.25, 0.3) is 11.5 Å². The first kappa shape index (κ1) is 15.2. The molecule has 1 aliphatic heterocycles. The van der Waals surface area contributed by atoms with E-state index in [2.05, 4.69) is 19.9 Å². The molecule has 0 spiro atoms. The number of esters is 1. The summed E-state index contributed by atoms with van der Waals surface area (Å²) in [5.74, 6) is 0.766. The zero-order valence-corrected chi connectivity index (χ0v) is 13.7. The lowest BCUT2D eigenvalue weighted by Gasteiger charge is -2.27. The summed E-state index contributed by atoms with van der Waals surface area (Å²) in [6.45, 7) is 1.97. The van der Waals surface area contributed by atoms with Gasteiger partial charge in [-0.15, -0.1) is 0 Å². The first-order valence-corrected chi connectivity index (χ1v) is 8.21. The molecule has 0 N–H and O–H groups in total. The highest BCUT2D eigenvalue weighted by Crippen LogP contribution is 2.30. The normalized spacial score (nSPS) is 14.9. The fraction of sp³-hybridized carbons (Fsp3) is 0.429. The number of hydrogen-bond donors (Lipinski definition) is 0. The molecule has 0 amide bonds. The van der Waals surface area contributed by atoms with Crippen molar-refractivity contribution in [1.82, 2.24) is 15.0 Å². The minimum Gasteiger partial charge on any atom is -0.465 e. The van der Waals surface area contributed by atoms with Gasteiger partial charge in [0.15, 0.2) is 10.3 Å². The van der Waals surface area contributed by atoms with E-state index in [1.54, 1.807) is 6.20 Å². The minimum absolute atomic E-state index is 0.266. The van der Waals surface area contributed by atoms with Gasteiger partial charge in [0.25, 0.3) is 0 Å². The molecule has 1 fully saturated rings. The SMILES string of the molecule is COC(=O)c1sc(Cl)nc1-c1nccc(N2CCCCC2)n1. The summed E-state index contributed by atoms with van der Waals surface area (Å²) in [5.41, 5.74) is 0.376. The molecule has 3 heterocycles. The van der Waals surface area contributed by atoms with E-state index in [1.807, 2.05) is 6.07 Å². The highest BCUT2D eigenvalue weighted by Gasteiger charge is 2.22. The second-order valence-corrected chi connectivity index (χ2v) is 6.50. The largest absolute Gasteiger partial charge is 0.465 e. The van der Waals surface area contributed by atoms with Crippen LogP contribution in [0, 0.1) is 0 Å². The number of hydrogen-bond acceptors (Lipinski definition) is 7. The molecule has 2 aromatic heterocycles. The van der Waals surface area contributed by atoms with Crippen molar-refractivity contribution in [3.8, 4) is 11.5 Å². The molecule has 2 aromatic rings. The third kappa shape index (κ3) is 3.05. The van der Waals surface area contributed by atoms with Gasteiger partial charge in [-0.25, -0.2) is 19.7 Å². The Labute approximate surface area is 137 Å². The van der Waals surface area contributed by atoms with Crippen LogP contribution >= 0.6 is 22.9 Å². The predicted molar refractivity (Wildman–Crippen MR) is 85.6 cm³/mol. The molecular weight excluding hydrogens is 324 g/mol. The molecule has 22 heavy (non-hydrogen) atoms. The lowest BCUT2D eigenvalue weighted by molar-refractivity contribution is 0.0607. The van der Waals surface area contributed by atoms with Crippen molar-refractivity contribution >= 4 is 34.7 Å². The molecule has 0 bridgehead atoms. The van der Waals surface area contributed by atoms with E-state index in [9.17, 15) is 4.79 Å². The van der Waals surface area contributed by atoms with Gasteiger partial charge in [0.1, 0.15) is 16.4 Å². The fourth-order valence-corrected chi connectivity index (χ4v) is 3.46. The Morgan fingerprint density at radius 1 is 1.32 bits per heavy atom. The van der Waals surface area contributed by atoms with Gasteiger partial charge in [0.2, 0.25) is 0 Å². The molecule has 0 radical (unpaired) electrons. The summed E-state index contributed by atoms with van der Waals surface area (Å²) >= 11 is 7.01. The molecule has 6 nitrogen and oxygen atoms in total. The van der Waals surface area contributed by atoms with Gasteiger partial charge in [-0.2, -0.15) is 0 Å². The maximum atomic E-state index is 11.8. The van der Waals surface area contributed by atoms with Crippen molar-refractivity contribution in [2.45, 2.75) is 19.3 Å². The summed E-state index contributed by atoms with van der Waals surface area (Å²) in [6.07, 6.45) is 5.26. The summed E-state index contributed by atoms with van der Waals surface area (Å²) in [7, 11) is 1.32. The number of piperidine rings is 1. The van der Waals surface area contributed by atoms with E-state index in [0.717, 1.165) is 43.1 Å². The quantitative estimate of drug-likeness (QED) is 0.801. The van der Waals surface area contributed by atoms with Crippen LogP contribution in [0.2, 0.25) is 4.47 Å². The molecule has 0 saturated carbocycles. The lowest BCUT2D eigenvalue weighted by atomic mass is 10.1. The topological polar surface area (TPSA) is 68.2 Å². The molecule has 0 atom stereocenters. The van der Waals surface area contributed by atoms with Gasteiger partial charge in [-0.05, 0) is 25.3 Å². The number of halogens is 1. The number of carbonyl (C=O) groups is 1. The number of anilines is 1. The lowest BCUT2D eigenvalue weighted by Crippen LogP contribution is -2.30. The van der Waals surface area contributed by atoms with Crippen LogP contribution in [0.5, 0.6) is 0 Å². The Balaban J connectivity index is 1.97. The summed E-state index contributed by atoms with van der Waals surface area (Å²) in [4.78, 5) is 27.3. The average molecular weight is 339 g/mol. The number of carbonyl (C=O) groups excluding carboxylic acids is 1. The fourth-order valence-electron chi connectivity index (χ4n) is 2.44. The van der Waals surface area contributed by atoms with Crippen molar-refractivity contribution in [2.24, 2.45) is 0 Å². The van der Waals surface area contributed by atoms with Crippen molar-refractivity contribution in [3.63, 3.8) is 0 Å². The number of ether oxygens (including phenoxy) is 1. The maximum absolute atomic E-state index is 11.8. The molecule has 116 valence electrons. The molecule has 3 rings (SSSR count). The third-order valence-electron chi connectivity index (χ3n) is 3.50. The highest BCUT2D eigenvalue weighted by molar-refractivity contribution is 7.17. The number of nitrogens with zero attached hydrogens (tertiary/aromatic N) is 4. The molecule has 0 aromatic carbocycles. The Kier molecular flexibility index (Phi) is 4.54. The Bertz CT molecular complexity index is 685. The van der Waals surface area contributed by atoms with Crippen LogP contribution in [0.1, 0.15) is 28.9 Å². The van der Waals surface area contributed by atoms with Crippen molar-refractivity contribution in [3.05, 3.63) is 21.6 Å². The molecule has 8 heteroatoms. The van der Waals surface area contributed by atoms with Crippen LogP contribution in [0.3, 0.4) is 0 Å². The highest BCUT2D eigenvalue weighted by atomic mass is 35.5. The first-order chi connectivity index (χ1) is 10.7. The van der Waals surface area contributed by atoms with Crippen LogP contribution in [0.15, 0.2) is 12.3 Å². The van der Waals surface area contributed by atoms with Gasteiger partial charge in [0.05, 0.1) is 7.11 Å². The molecule has 1 aliphatic rings. The van der Waals surface area contributed by atoms with E-state index >= 15 is 0 Å². The van der Waals surface area contributed by atoms with E-state index in [1.165, 1.54) is 13.5 Å². The average Bonchev–Trinajstić information content (AvgIpc) is 2.97. The summed E-state index contributed by atoms with van der Waals surface area (Å²) in [6, 6.07) is 1.88. The third-order valence-corrected chi connectivity index (χ3v) is 4.64. The standard InChI is InChI=1S/C14H15ClN4O2S/c1-21-13(20)11-10(18-14(15)22-11)12-16-6-5-9(17-12)19-7-3-2-4-8-19/h5-6H,2-4,7-8H2,1H3. The Hall–Kier alpha value is -1.73. The summed E-state index contributed by atoms with van der Waals surface area (Å²) in [5, 5.41) is 0.